The number of hydrogen-bond acceptors (Lipinski definition) is 5. The van der Waals surface area contributed by atoms with E-state index in [1.54, 1.807) is 18.2 Å². The molecule has 3 aliphatic heterocycles. The number of likely N-dealkylation sites (tertiary alicyclic amines) is 1. The number of carbonyl (C=O) groups excluding carboxylic acids is 1. The van der Waals surface area contributed by atoms with Crippen LogP contribution in [-0.4, -0.2) is 49.7 Å². The summed E-state index contributed by atoms with van der Waals surface area (Å²) in [5.74, 6) is 1.32. The van der Waals surface area contributed by atoms with E-state index in [2.05, 4.69) is 0 Å². The molecule has 1 atom stereocenters. The average Bonchev–Trinajstić information content (AvgIpc) is 3.24. The Morgan fingerprint density at radius 2 is 1.91 bits per heavy atom. The second-order valence-electron chi connectivity index (χ2n) is 5.74. The Morgan fingerprint density at radius 1 is 1.09 bits per heavy atom. The van der Waals surface area contributed by atoms with Crippen molar-refractivity contribution in [2.24, 2.45) is 0 Å². The Hall–Kier alpha value is -1.79. The van der Waals surface area contributed by atoms with Crippen molar-refractivity contribution in [1.82, 2.24) is 4.90 Å². The first-order chi connectivity index (χ1) is 10.8. The fourth-order valence-electron chi connectivity index (χ4n) is 3.29. The minimum absolute atomic E-state index is 0.00194. The Morgan fingerprint density at radius 3 is 2.77 bits per heavy atom. The van der Waals surface area contributed by atoms with Crippen LogP contribution in [0, 0.1) is 0 Å². The lowest BCUT2D eigenvalue weighted by molar-refractivity contribution is -0.100. The molecule has 6 heteroatoms. The predicted octanol–water partition coefficient (Wildman–Crippen LogP) is 1.78. The highest BCUT2D eigenvalue weighted by atomic mass is 16.7. The minimum Gasteiger partial charge on any atom is -0.454 e. The zero-order chi connectivity index (χ0) is 14.9. The number of ether oxygens (including phenoxy) is 4. The van der Waals surface area contributed by atoms with E-state index >= 15 is 0 Å². The van der Waals surface area contributed by atoms with Crippen LogP contribution < -0.4 is 9.47 Å². The van der Waals surface area contributed by atoms with Crippen molar-refractivity contribution in [3.05, 3.63) is 23.8 Å². The second kappa shape index (κ2) is 5.78. The third-order valence-corrected chi connectivity index (χ3v) is 4.39. The van der Waals surface area contributed by atoms with E-state index in [4.69, 9.17) is 18.9 Å². The molecule has 1 aromatic carbocycles. The predicted molar refractivity (Wildman–Crippen MR) is 76.9 cm³/mol. The molecule has 118 valence electrons. The molecule has 6 nitrogen and oxygen atoms in total. The van der Waals surface area contributed by atoms with Gasteiger partial charge in [0, 0.05) is 12.1 Å². The number of benzene rings is 1. The van der Waals surface area contributed by atoms with Crippen LogP contribution >= 0.6 is 0 Å². The molecule has 3 heterocycles. The summed E-state index contributed by atoms with van der Waals surface area (Å²) >= 11 is 0. The van der Waals surface area contributed by atoms with Crippen LogP contribution in [0.3, 0.4) is 0 Å². The molecule has 1 unspecified atom stereocenters. The first kappa shape index (κ1) is 13.8. The molecular weight excluding hydrogens is 286 g/mol. The monoisotopic (exact) mass is 305 g/mol. The third-order valence-electron chi connectivity index (χ3n) is 4.39. The maximum Gasteiger partial charge on any atom is 0.254 e. The smallest absolute Gasteiger partial charge is 0.254 e. The van der Waals surface area contributed by atoms with E-state index in [0.29, 0.717) is 30.3 Å². The zero-order valence-corrected chi connectivity index (χ0v) is 12.3. The summed E-state index contributed by atoms with van der Waals surface area (Å²) in [5.41, 5.74) is 0.620. The Labute approximate surface area is 128 Å². The summed E-state index contributed by atoms with van der Waals surface area (Å²) in [6, 6.07) is 5.33. The van der Waals surface area contributed by atoms with E-state index in [1.807, 2.05) is 4.90 Å². The largest absolute Gasteiger partial charge is 0.454 e. The van der Waals surface area contributed by atoms with Crippen molar-refractivity contribution < 1.29 is 23.7 Å². The van der Waals surface area contributed by atoms with E-state index in [0.717, 1.165) is 25.8 Å². The number of hydrogen-bond donors (Lipinski definition) is 0. The van der Waals surface area contributed by atoms with Gasteiger partial charge in [-0.25, -0.2) is 0 Å². The van der Waals surface area contributed by atoms with E-state index in [9.17, 15) is 4.79 Å². The van der Waals surface area contributed by atoms with Gasteiger partial charge in [-0.05, 0) is 37.5 Å². The highest BCUT2D eigenvalue weighted by Gasteiger charge is 2.36. The lowest BCUT2D eigenvalue weighted by atomic mass is 10.00. The number of piperidine rings is 1. The van der Waals surface area contributed by atoms with Crippen molar-refractivity contribution in [1.29, 1.82) is 0 Å². The normalized spacial score (nSPS) is 24.7. The van der Waals surface area contributed by atoms with Crippen molar-refractivity contribution in [2.45, 2.75) is 31.6 Å². The summed E-state index contributed by atoms with van der Waals surface area (Å²) in [5, 5.41) is 0. The van der Waals surface area contributed by atoms with Crippen molar-refractivity contribution >= 4 is 5.91 Å². The molecule has 22 heavy (non-hydrogen) atoms. The maximum atomic E-state index is 12.9. The summed E-state index contributed by atoms with van der Waals surface area (Å²) in [6.45, 7) is 2.16. The second-order valence-corrected chi connectivity index (χ2v) is 5.74. The van der Waals surface area contributed by atoms with Gasteiger partial charge >= 0.3 is 0 Å². The number of rotatable bonds is 2. The van der Waals surface area contributed by atoms with Crippen molar-refractivity contribution in [2.75, 3.05) is 26.6 Å². The van der Waals surface area contributed by atoms with Gasteiger partial charge in [0.2, 0.25) is 6.79 Å². The summed E-state index contributed by atoms with van der Waals surface area (Å²) < 4.78 is 21.9. The van der Waals surface area contributed by atoms with Gasteiger partial charge in [0.1, 0.15) is 0 Å². The van der Waals surface area contributed by atoms with E-state index in [-0.39, 0.29) is 25.0 Å². The molecule has 0 spiro atoms. The van der Waals surface area contributed by atoms with Crippen LogP contribution in [-0.2, 0) is 9.47 Å². The SMILES string of the molecule is O=C(c1ccc2c(c1)OCO2)N1CCCCC1C1OCCO1. The molecule has 1 aromatic rings. The van der Waals surface area contributed by atoms with Gasteiger partial charge in [-0.1, -0.05) is 0 Å². The minimum atomic E-state index is -0.293. The third kappa shape index (κ3) is 2.42. The maximum absolute atomic E-state index is 12.9. The molecule has 0 saturated carbocycles. The fraction of sp³-hybridized carbons (Fsp3) is 0.562. The molecule has 4 rings (SSSR count). The summed E-state index contributed by atoms with van der Waals surface area (Å²) in [4.78, 5) is 14.8. The van der Waals surface area contributed by atoms with E-state index < -0.39 is 0 Å². The molecule has 1 amide bonds. The van der Waals surface area contributed by atoms with Crippen LogP contribution in [0.25, 0.3) is 0 Å². The first-order valence-electron chi connectivity index (χ1n) is 7.77. The Kier molecular flexibility index (Phi) is 3.63. The molecule has 0 N–H and O–H groups in total. The number of nitrogens with zero attached hydrogens (tertiary/aromatic N) is 1. The first-order valence-corrected chi connectivity index (χ1v) is 7.77. The van der Waals surface area contributed by atoms with Gasteiger partial charge in [-0.2, -0.15) is 0 Å². The summed E-state index contributed by atoms with van der Waals surface area (Å²) in [6.07, 6.45) is 2.73. The number of carbonyl (C=O) groups is 1. The van der Waals surface area contributed by atoms with Crippen LogP contribution in [0.5, 0.6) is 11.5 Å². The van der Waals surface area contributed by atoms with Gasteiger partial charge in [0.25, 0.3) is 5.91 Å². The molecule has 0 aromatic heterocycles. The lowest BCUT2D eigenvalue weighted by Gasteiger charge is -2.38. The van der Waals surface area contributed by atoms with E-state index in [1.165, 1.54) is 0 Å². The molecular formula is C16H19NO5. The topological polar surface area (TPSA) is 57.2 Å². The highest BCUT2D eigenvalue weighted by molar-refractivity contribution is 5.95. The standard InChI is InChI=1S/C16H19NO5/c18-15(11-4-5-13-14(9-11)22-10-21-13)17-6-2-1-3-12(17)16-19-7-8-20-16/h4-5,9,12,16H,1-3,6-8,10H2. The summed E-state index contributed by atoms with van der Waals surface area (Å²) in [7, 11) is 0. The molecule has 0 radical (unpaired) electrons. The van der Waals surface area contributed by atoms with Crippen LogP contribution in [0.2, 0.25) is 0 Å². The molecule has 2 saturated heterocycles. The quantitative estimate of drug-likeness (QED) is 0.833. The van der Waals surface area contributed by atoms with Crippen molar-refractivity contribution in [3.63, 3.8) is 0 Å². The average molecular weight is 305 g/mol. The van der Waals surface area contributed by atoms with Gasteiger partial charge in [0.15, 0.2) is 17.8 Å². The Bertz CT molecular complexity index is 570. The highest BCUT2D eigenvalue weighted by Crippen LogP contribution is 2.34. The molecule has 2 fully saturated rings. The van der Waals surface area contributed by atoms with Gasteiger partial charge < -0.3 is 23.8 Å². The van der Waals surface area contributed by atoms with Crippen LogP contribution in [0.4, 0.5) is 0 Å². The fourth-order valence-corrected chi connectivity index (χ4v) is 3.29. The molecule has 3 aliphatic rings. The number of amides is 1. The van der Waals surface area contributed by atoms with Crippen molar-refractivity contribution in [3.8, 4) is 11.5 Å². The Balaban J connectivity index is 1.57. The van der Waals surface area contributed by atoms with Gasteiger partial charge in [-0.15, -0.1) is 0 Å². The van der Waals surface area contributed by atoms with Gasteiger partial charge in [-0.3, -0.25) is 4.79 Å². The lowest BCUT2D eigenvalue weighted by Crippen LogP contribution is -2.50. The van der Waals surface area contributed by atoms with Crippen LogP contribution in [0.15, 0.2) is 18.2 Å². The zero-order valence-electron chi connectivity index (χ0n) is 12.3. The molecule has 0 bridgehead atoms. The molecule has 0 aliphatic carbocycles. The van der Waals surface area contributed by atoms with Gasteiger partial charge in [0.05, 0.1) is 19.3 Å². The number of fused-ring (bicyclic) bond motifs is 1. The van der Waals surface area contributed by atoms with Crippen LogP contribution in [0.1, 0.15) is 29.6 Å².